The van der Waals surface area contributed by atoms with Gasteiger partial charge in [-0.25, -0.2) is 14.4 Å². The van der Waals surface area contributed by atoms with Gasteiger partial charge in [0.15, 0.2) is 5.82 Å². The van der Waals surface area contributed by atoms with Gasteiger partial charge in [-0.2, -0.15) is 0 Å². The van der Waals surface area contributed by atoms with Crippen molar-refractivity contribution in [2.24, 2.45) is 0 Å². The molecule has 0 aliphatic heterocycles. The average molecular weight is 365 g/mol. The second kappa shape index (κ2) is 7.31. The summed E-state index contributed by atoms with van der Waals surface area (Å²) in [4.78, 5) is 21.9. The van der Waals surface area contributed by atoms with Gasteiger partial charge in [-0.05, 0) is 37.1 Å². The number of carbonyl (C=O) groups is 1. The van der Waals surface area contributed by atoms with Crippen LogP contribution in [-0.2, 0) is 0 Å². The molecule has 1 fully saturated rings. The van der Waals surface area contributed by atoms with Gasteiger partial charge in [0.05, 0.1) is 18.1 Å². The predicted octanol–water partition coefficient (Wildman–Crippen LogP) is 4.32. The van der Waals surface area contributed by atoms with Crippen molar-refractivity contribution >= 4 is 11.6 Å². The topological polar surface area (TPSA) is 56.5 Å². The number of benzene rings is 1. The van der Waals surface area contributed by atoms with Gasteiger partial charge in [-0.15, -0.1) is 0 Å². The van der Waals surface area contributed by atoms with Gasteiger partial charge in [0, 0.05) is 11.5 Å². The molecular weight excluding hydrogens is 345 g/mol. The van der Waals surface area contributed by atoms with Crippen LogP contribution in [-0.4, -0.2) is 26.8 Å². The van der Waals surface area contributed by atoms with E-state index >= 15 is 0 Å². The van der Waals surface area contributed by atoms with Crippen LogP contribution in [0.25, 0.3) is 5.78 Å². The number of hydrogen-bond donors (Lipinski definition) is 0. The molecule has 0 atom stereocenters. The van der Waals surface area contributed by atoms with Crippen molar-refractivity contribution < 1.29 is 13.9 Å². The third-order valence-electron chi connectivity index (χ3n) is 4.92. The maximum absolute atomic E-state index is 13.8. The van der Waals surface area contributed by atoms with Crippen LogP contribution in [0.4, 0.5) is 4.39 Å². The van der Waals surface area contributed by atoms with Crippen molar-refractivity contribution in [2.75, 3.05) is 6.61 Å². The van der Waals surface area contributed by atoms with Gasteiger partial charge in [0.1, 0.15) is 18.1 Å². The van der Waals surface area contributed by atoms with Crippen molar-refractivity contribution in [3.05, 3.63) is 72.1 Å². The quantitative estimate of drug-likeness (QED) is 0.482. The SMILES string of the molecule is C=CCOc1ccc(C(=O)c2c(C3CCCC3)nc3ncc(F)cn23)cc1. The lowest BCUT2D eigenvalue weighted by atomic mass is 9.98. The van der Waals surface area contributed by atoms with E-state index in [-0.39, 0.29) is 11.7 Å². The first-order valence-corrected chi connectivity index (χ1v) is 9.09. The van der Waals surface area contributed by atoms with Crippen molar-refractivity contribution in [3.63, 3.8) is 0 Å². The fraction of sp³-hybridized carbons (Fsp3) is 0.286. The normalized spacial score (nSPS) is 14.6. The van der Waals surface area contributed by atoms with E-state index in [9.17, 15) is 9.18 Å². The molecule has 0 amide bonds. The monoisotopic (exact) mass is 365 g/mol. The zero-order chi connectivity index (χ0) is 18.8. The number of nitrogens with zero attached hydrogens (tertiary/aromatic N) is 3. The van der Waals surface area contributed by atoms with Gasteiger partial charge in [-0.1, -0.05) is 25.5 Å². The molecular formula is C21H20FN3O2. The molecule has 0 N–H and O–H groups in total. The molecule has 0 saturated heterocycles. The minimum Gasteiger partial charge on any atom is -0.490 e. The summed E-state index contributed by atoms with van der Waals surface area (Å²) in [5, 5.41) is 0. The fourth-order valence-corrected chi connectivity index (χ4v) is 3.63. The molecule has 1 saturated carbocycles. The molecule has 3 aromatic rings. The van der Waals surface area contributed by atoms with E-state index in [1.165, 1.54) is 10.6 Å². The molecule has 6 heteroatoms. The highest BCUT2D eigenvalue weighted by atomic mass is 19.1. The molecule has 2 aromatic heterocycles. The second-order valence-corrected chi connectivity index (χ2v) is 6.72. The maximum Gasteiger partial charge on any atom is 0.234 e. The van der Waals surface area contributed by atoms with E-state index < -0.39 is 5.82 Å². The Morgan fingerprint density at radius 2 is 2.04 bits per heavy atom. The summed E-state index contributed by atoms with van der Waals surface area (Å²) in [7, 11) is 0. The summed E-state index contributed by atoms with van der Waals surface area (Å²) >= 11 is 0. The molecule has 0 bridgehead atoms. The molecule has 1 aromatic carbocycles. The van der Waals surface area contributed by atoms with Crippen LogP contribution in [0.3, 0.4) is 0 Å². The number of rotatable bonds is 6. The lowest BCUT2D eigenvalue weighted by Crippen LogP contribution is -2.10. The van der Waals surface area contributed by atoms with Crippen molar-refractivity contribution in [3.8, 4) is 5.75 Å². The number of aromatic nitrogens is 3. The largest absolute Gasteiger partial charge is 0.490 e. The lowest BCUT2D eigenvalue weighted by Gasteiger charge is -2.10. The third-order valence-corrected chi connectivity index (χ3v) is 4.92. The predicted molar refractivity (Wildman–Crippen MR) is 99.7 cm³/mol. The Bertz CT molecular complexity index is 989. The molecule has 5 nitrogen and oxygen atoms in total. The molecule has 1 aliphatic carbocycles. The lowest BCUT2D eigenvalue weighted by molar-refractivity contribution is 0.103. The van der Waals surface area contributed by atoms with Gasteiger partial charge in [-0.3, -0.25) is 9.20 Å². The summed E-state index contributed by atoms with van der Waals surface area (Å²) in [5.74, 6) is 0.539. The third kappa shape index (κ3) is 3.35. The van der Waals surface area contributed by atoms with Crippen LogP contribution in [0.1, 0.15) is 53.3 Å². The molecule has 0 unspecified atom stereocenters. The van der Waals surface area contributed by atoms with Gasteiger partial charge < -0.3 is 4.74 Å². The van der Waals surface area contributed by atoms with Gasteiger partial charge in [0.25, 0.3) is 0 Å². The summed E-state index contributed by atoms with van der Waals surface area (Å²) in [6.45, 7) is 4.01. The number of ketones is 1. The molecule has 0 spiro atoms. The number of ether oxygens (including phenoxy) is 1. The Balaban J connectivity index is 1.76. The summed E-state index contributed by atoms with van der Waals surface area (Å²) in [5.41, 5.74) is 1.64. The highest BCUT2D eigenvalue weighted by molar-refractivity contribution is 6.09. The van der Waals surface area contributed by atoms with Crippen LogP contribution >= 0.6 is 0 Å². The second-order valence-electron chi connectivity index (χ2n) is 6.72. The van der Waals surface area contributed by atoms with E-state index in [2.05, 4.69) is 16.5 Å². The van der Waals surface area contributed by atoms with E-state index in [4.69, 9.17) is 4.74 Å². The smallest absolute Gasteiger partial charge is 0.234 e. The van der Waals surface area contributed by atoms with E-state index in [0.29, 0.717) is 29.4 Å². The zero-order valence-corrected chi connectivity index (χ0v) is 14.9. The maximum atomic E-state index is 13.8. The summed E-state index contributed by atoms with van der Waals surface area (Å²) in [6.07, 6.45) is 8.27. The van der Waals surface area contributed by atoms with E-state index in [1.807, 2.05) is 0 Å². The first kappa shape index (κ1) is 17.4. The highest BCUT2D eigenvalue weighted by Gasteiger charge is 2.29. The van der Waals surface area contributed by atoms with Crippen LogP contribution in [0.15, 0.2) is 49.3 Å². The van der Waals surface area contributed by atoms with Gasteiger partial charge >= 0.3 is 0 Å². The first-order valence-electron chi connectivity index (χ1n) is 9.09. The van der Waals surface area contributed by atoms with E-state index in [0.717, 1.165) is 37.6 Å². The number of imidazole rings is 1. The van der Waals surface area contributed by atoms with Crippen LogP contribution in [0.2, 0.25) is 0 Å². The Hall–Kier alpha value is -3.02. The molecule has 27 heavy (non-hydrogen) atoms. The number of fused-ring (bicyclic) bond motifs is 1. The van der Waals surface area contributed by atoms with Crippen molar-refractivity contribution in [1.29, 1.82) is 0 Å². The summed E-state index contributed by atoms with van der Waals surface area (Å²) in [6, 6.07) is 6.92. The zero-order valence-electron chi connectivity index (χ0n) is 14.9. The van der Waals surface area contributed by atoms with Crippen LogP contribution < -0.4 is 4.74 Å². The van der Waals surface area contributed by atoms with Crippen LogP contribution in [0.5, 0.6) is 5.75 Å². The first-order chi connectivity index (χ1) is 13.2. The minimum atomic E-state index is -0.500. The van der Waals surface area contributed by atoms with Crippen molar-refractivity contribution in [1.82, 2.24) is 14.4 Å². The average Bonchev–Trinajstić information content (AvgIpc) is 3.33. The van der Waals surface area contributed by atoms with Crippen molar-refractivity contribution in [2.45, 2.75) is 31.6 Å². The fourth-order valence-electron chi connectivity index (χ4n) is 3.63. The van der Waals surface area contributed by atoms with E-state index in [1.54, 1.807) is 30.3 Å². The minimum absolute atomic E-state index is 0.188. The molecule has 4 rings (SSSR count). The molecule has 138 valence electrons. The highest BCUT2D eigenvalue weighted by Crippen LogP contribution is 2.36. The van der Waals surface area contributed by atoms with Crippen LogP contribution in [0, 0.1) is 5.82 Å². The Labute approximate surface area is 156 Å². The molecule has 1 aliphatic rings. The Morgan fingerprint density at radius 1 is 1.30 bits per heavy atom. The number of halogens is 1. The summed E-state index contributed by atoms with van der Waals surface area (Å²) < 4.78 is 20.7. The number of carbonyl (C=O) groups excluding carboxylic acids is 1. The Kier molecular flexibility index (Phi) is 4.71. The standard InChI is InChI=1S/C21H20FN3O2/c1-2-11-27-17-9-7-15(8-10-17)20(26)19-18(14-5-3-4-6-14)24-21-23-12-16(22)13-25(19)21/h2,7-10,12-14H,1,3-6,11H2. The number of hydrogen-bond acceptors (Lipinski definition) is 4. The van der Waals surface area contributed by atoms with Gasteiger partial charge in [0.2, 0.25) is 11.6 Å². The molecule has 0 radical (unpaired) electrons. The Morgan fingerprint density at radius 3 is 2.74 bits per heavy atom. The molecule has 2 heterocycles.